The molecule has 10 heteroatoms. The van der Waals surface area contributed by atoms with Gasteiger partial charge in [0.2, 0.25) is 21.8 Å². The zero-order chi connectivity index (χ0) is 28.6. The quantitative estimate of drug-likeness (QED) is 0.291. The Morgan fingerprint density at radius 3 is 2.31 bits per heavy atom. The van der Waals surface area contributed by atoms with Crippen LogP contribution >= 0.6 is 27.5 Å². The summed E-state index contributed by atoms with van der Waals surface area (Å²) in [7, 11) is -3.83. The van der Waals surface area contributed by atoms with Crippen molar-refractivity contribution in [1.82, 2.24) is 10.2 Å². The zero-order valence-corrected chi connectivity index (χ0v) is 25.4. The molecule has 7 nitrogen and oxygen atoms in total. The SMILES string of the molecule is CCCNC(=O)[C@H](Cc1ccccc1)N(Cc1cccc(Cl)c1)C(=O)CN(c1ccc(Br)c(C)c1)S(C)(=O)=O. The van der Waals surface area contributed by atoms with Crippen LogP contribution in [-0.2, 0) is 32.6 Å². The Balaban J connectivity index is 2.05. The van der Waals surface area contributed by atoms with Gasteiger partial charge in [-0.2, -0.15) is 0 Å². The fourth-order valence-electron chi connectivity index (χ4n) is 4.15. The average molecular weight is 635 g/mol. The molecule has 0 aromatic heterocycles. The molecule has 0 heterocycles. The highest BCUT2D eigenvalue weighted by Gasteiger charge is 2.33. The van der Waals surface area contributed by atoms with E-state index in [2.05, 4.69) is 21.2 Å². The fraction of sp³-hybridized carbons (Fsp3) is 0.310. The van der Waals surface area contributed by atoms with E-state index < -0.39 is 28.5 Å². The van der Waals surface area contributed by atoms with Crippen LogP contribution < -0.4 is 9.62 Å². The standard InChI is InChI=1S/C29H33BrClN3O4S/c1-4-15-32-29(36)27(18-22-9-6-5-7-10-22)33(19-23-11-8-12-24(31)17-23)28(35)20-34(39(3,37)38)25-13-14-26(30)21(2)16-25/h5-14,16-17,27H,4,15,18-20H2,1-3H3,(H,32,36)/t27-/m0/s1. The van der Waals surface area contributed by atoms with Gasteiger partial charge >= 0.3 is 0 Å². The third kappa shape index (κ3) is 8.81. The molecule has 0 bridgehead atoms. The Bertz CT molecular complexity index is 1400. The Morgan fingerprint density at radius 2 is 1.69 bits per heavy atom. The van der Waals surface area contributed by atoms with Crippen LogP contribution in [0.5, 0.6) is 0 Å². The molecule has 0 unspecified atom stereocenters. The van der Waals surface area contributed by atoms with Gasteiger partial charge in [0.1, 0.15) is 12.6 Å². The first kappa shape index (κ1) is 30.7. The highest BCUT2D eigenvalue weighted by atomic mass is 79.9. The van der Waals surface area contributed by atoms with E-state index in [4.69, 9.17) is 11.6 Å². The molecule has 39 heavy (non-hydrogen) atoms. The number of sulfonamides is 1. The monoisotopic (exact) mass is 633 g/mol. The fourth-order valence-corrected chi connectivity index (χ4v) is 5.45. The number of nitrogens with one attached hydrogen (secondary N) is 1. The van der Waals surface area contributed by atoms with E-state index >= 15 is 0 Å². The number of rotatable bonds is 12. The van der Waals surface area contributed by atoms with Gasteiger partial charge in [0, 0.05) is 29.0 Å². The predicted molar refractivity (Wildman–Crippen MR) is 160 cm³/mol. The van der Waals surface area contributed by atoms with Crippen molar-refractivity contribution in [2.45, 2.75) is 39.3 Å². The number of benzene rings is 3. The van der Waals surface area contributed by atoms with Gasteiger partial charge in [-0.25, -0.2) is 8.42 Å². The molecule has 0 saturated carbocycles. The van der Waals surface area contributed by atoms with Gasteiger partial charge in [-0.3, -0.25) is 13.9 Å². The highest BCUT2D eigenvalue weighted by Crippen LogP contribution is 2.25. The number of nitrogens with zero attached hydrogens (tertiary/aromatic N) is 2. The molecule has 0 fully saturated rings. The first-order valence-electron chi connectivity index (χ1n) is 12.6. The summed E-state index contributed by atoms with van der Waals surface area (Å²) in [6.07, 6.45) is 2.06. The van der Waals surface area contributed by atoms with E-state index in [1.165, 1.54) is 4.90 Å². The van der Waals surface area contributed by atoms with Crippen LogP contribution in [-0.4, -0.2) is 50.5 Å². The summed E-state index contributed by atoms with van der Waals surface area (Å²) < 4.78 is 27.6. The smallest absolute Gasteiger partial charge is 0.244 e. The van der Waals surface area contributed by atoms with Crippen molar-refractivity contribution in [3.05, 3.63) is 99.0 Å². The summed E-state index contributed by atoms with van der Waals surface area (Å²) in [5.41, 5.74) is 2.79. The maximum absolute atomic E-state index is 14.0. The Labute approximate surface area is 244 Å². The molecule has 3 aromatic carbocycles. The summed E-state index contributed by atoms with van der Waals surface area (Å²) in [6.45, 7) is 3.86. The molecular formula is C29H33BrClN3O4S. The Kier molecular flexibility index (Phi) is 11.0. The molecular weight excluding hydrogens is 602 g/mol. The summed E-state index contributed by atoms with van der Waals surface area (Å²) in [4.78, 5) is 29.0. The van der Waals surface area contributed by atoms with Crippen molar-refractivity contribution in [3.63, 3.8) is 0 Å². The minimum atomic E-state index is -3.83. The highest BCUT2D eigenvalue weighted by molar-refractivity contribution is 9.10. The third-order valence-corrected chi connectivity index (χ3v) is 8.44. The summed E-state index contributed by atoms with van der Waals surface area (Å²) >= 11 is 9.66. The number of halogens is 2. The van der Waals surface area contributed by atoms with E-state index in [0.29, 0.717) is 17.3 Å². The zero-order valence-electron chi connectivity index (χ0n) is 22.2. The van der Waals surface area contributed by atoms with Crippen LogP contribution in [0, 0.1) is 6.92 Å². The van der Waals surface area contributed by atoms with E-state index in [1.54, 1.807) is 36.4 Å². The van der Waals surface area contributed by atoms with Crippen molar-refractivity contribution < 1.29 is 18.0 Å². The van der Waals surface area contributed by atoms with Crippen molar-refractivity contribution in [2.75, 3.05) is 23.7 Å². The van der Waals surface area contributed by atoms with E-state index in [9.17, 15) is 18.0 Å². The first-order chi connectivity index (χ1) is 18.5. The van der Waals surface area contributed by atoms with Crippen LogP contribution in [0.4, 0.5) is 5.69 Å². The van der Waals surface area contributed by atoms with E-state index in [1.807, 2.05) is 50.2 Å². The number of amides is 2. The number of anilines is 1. The summed E-state index contributed by atoms with van der Waals surface area (Å²) in [6, 6.07) is 20.7. The lowest BCUT2D eigenvalue weighted by molar-refractivity contribution is -0.140. The number of carbonyl (C=O) groups excluding carboxylic acids is 2. The van der Waals surface area contributed by atoms with Crippen LogP contribution in [0.2, 0.25) is 5.02 Å². The normalized spacial score (nSPS) is 12.0. The molecule has 0 aliphatic heterocycles. The molecule has 208 valence electrons. The molecule has 2 amide bonds. The van der Waals surface area contributed by atoms with Gasteiger partial charge in [-0.1, -0.05) is 76.9 Å². The second-order valence-corrected chi connectivity index (χ2v) is 12.5. The van der Waals surface area contributed by atoms with Crippen molar-refractivity contribution in [1.29, 1.82) is 0 Å². The molecule has 3 rings (SSSR count). The van der Waals surface area contributed by atoms with Crippen LogP contribution in [0.25, 0.3) is 0 Å². The lowest BCUT2D eigenvalue weighted by Gasteiger charge is -2.33. The number of hydrogen-bond donors (Lipinski definition) is 1. The second-order valence-electron chi connectivity index (χ2n) is 9.35. The largest absolute Gasteiger partial charge is 0.354 e. The average Bonchev–Trinajstić information content (AvgIpc) is 2.89. The Hall–Kier alpha value is -2.88. The summed E-state index contributed by atoms with van der Waals surface area (Å²) in [5.74, 6) is -0.810. The van der Waals surface area contributed by atoms with Gasteiger partial charge in [0.05, 0.1) is 11.9 Å². The van der Waals surface area contributed by atoms with Crippen LogP contribution in [0.1, 0.15) is 30.0 Å². The molecule has 0 saturated heterocycles. The third-order valence-electron chi connectivity index (χ3n) is 6.17. The summed E-state index contributed by atoms with van der Waals surface area (Å²) in [5, 5.41) is 3.42. The van der Waals surface area contributed by atoms with Gasteiger partial charge in [0.25, 0.3) is 0 Å². The number of carbonyl (C=O) groups is 2. The van der Waals surface area contributed by atoms with Gasteiger partial charge in [-0.15, -0.1) is 0 Å². The van der Waals surface area contributed by atoms with Crippen LogP contribution in [0.3, 0.4) is 0 Å². The van der Waals surface area contributed by atoms with E-state index in [0.717, 1.165) is 38.1 Å². The molecule has 0 aliphatic rings. The maximum atomic E-state index is 14.0. The maximum Gasteiger partial charge on any atom is 0.244 e. The molecule has 3 aromatic rings. The number of aryl methyl sites for hydroxylation is 1. The molecule has 0 spiro atoms. The van der Waals surface area contributed by atoms with Crippen molar-refractivity contribution >= 4 is 55.1 Å². The first-order valence-corrected chi connectivity index (χ1v) is 15.6. The van der Waals surface area contributed by atoms with Crippen molar-refractivity contribution in [3.8, 4) is 0 Å². The van der Waals surface area contributed by atoms with Crippen LogP contribution in [0.15, 0.2) is 77.3 Å². The van der Waals surface area contributed by atoms with Gasteiger partial charge in [0.15, 0.2) is 0 Å². The lowest BCUT2D eigenvalue weighted by atomic mass is 10.0. The molecule has 0 aliphatic carbocycles. The van der Waals surface area contributed by atoms with Gasteiger partial charge < -0.3 is 10.2 Å². The van der Waals surface area contributed by atoms with Gasteiger partial charge in [-0.05, 0) is 60.4 Å². The molecule has 1 N–H and O–H groups in total. The molecule has 1 atom stereocenters. The molecule has 0 radical (unpaired) electrons. The lowest BCUT2D eigenvalue weighted by Crippen LogP contribution is -2.53. The second kappa shape index (κ2) is 14.0. The Morgan fingerprint density at radius 1 is 1.00 bits per heavy atom. The van der Waals surface area contributed by atoms with Crippen molar-refractivity contribution in [2.24, 2.45) is 0 Å². The number of hydrogen-bond acceptors (Lipinski definition) is 4. The topological polar surface area (TPSA) is 86.8 Å². The minimum Gasteiger partial charge on any atom is -0.354 e. The van der Waals surface area contributed by atoms with E-state index in [-0.39, 0.29) is 18.9 Å². The minimum absolute atomic E-state index is 0.0768. The predicted octanol–water partition coefficient (Wildman–Crippen LogP) is 5.34.